The fourth-order valence-electron chi connectivity index (χ4n) is 3.73. The molecule has 0 N–H and O–H groups in total. The van der Waals surface area contributed by atoms with E-state index in [1.54, 1.807) is 12.1 Å². The monoisotopic (exact) mass is 349 g/mol. The lowest BCUT2D eigenvalue weighted by Gasteiger charge is -2.25. The van der Waals surface area contributed by atoms with Crippen molar-refractivity contribution in [2.24, 2.45) is 0 Å². The van der Waals surface area contributed by atoms with Gasteiger partial charge in [0, 0.05) is 16.9 Å². The summed E-state index contributed by atoms with van der Waals surface area (Å²) in [7, 11) is 0. The zero-order valence-corrected chi connectivity index (χ0v) is 14.7. The van der Waals surface area contributed by atoms with E-state index in [0.29, 0.717) is 5.56 Å². The summed E-state index contributed by atoms with van der Waals surface area (Å²) in [5, 5.41) is 12.0. The van der Waals surface area contributed by atoms with Crippen molar-refractivity contribution in [1.29, 1.82) is 0 Å². The van der Waals surface area contributed by atoms with E-state index in [1.165, 1.54) is 0 Å². The van der Waals surface area contributed by atoms with Gasteiger partial charge in [-0.1, -0.05) is 66.7 Å². The minimum absolute atomic E-state index is 0.0530. The molecule has 0 fully saturated rings. The molecule has 1 aliphatic rings. The third-order valence-corrected chi connectivity index (χ3v) is 5.04. The van der Waals surface area contributed by atoms with Gasteiger partial charge in [0.1, 0.15) is 0 Å². The summed E-state index contributed by atoms with van der Waals surface area (Å²) in [4.78, 5) is 24.6. The Labute approximate surface area is 153 Å². The number of nitrogens with zero attached hydrogens (tertiary/aromatic N) is 1. The van der Waals surface area contributed by atoms with Crippen LogP contribution in [-0.4, -0.2) is 16.7 Å². The highest BCUT2D eigenvalue weighted by Crippen LogP contribution is 2.34. The third kappa shape index (κ3) is 4.26. The second kappa shape index (κ2) is 8.56. The van der Waals surface area contributed by atoms with Gasteiger partial charge in [-0.25, -0.2) is 0 Å². The van der Waals surface area contributed by atoms with Gasteiger partial charge in [0.2, 0.25) is 6.04 Å². The minimum atomic E-state index is -0.842. The molecule has 1 aliphatic carbocycles. The van der Waals surface area contributed by atoms with Crippen LogP contribution in [0.15, 0.2) is 72.3 Å². The van der Waals surface area contributed by atoms with E-state index in [0.717, 1.165) is 36.8 Å². The van der Waals surface area contributed by atoms with Crippen LogP contribution in [0.25, 0.3) is 0 Å². The molecular weight excluding hydrogens is 326 g/mol. The fraction of sp³-hybridized carbons (Fsp3) is 0.318. The molecule has 0 amide bonds. The molecule has 4 heteroatoms. The van der Waals surface area contributed by atoms with Crippen LogP contribution in [0.2, 0.25) is 0 Å². The fourth-order valence-corrected chi connectivity index (χ4v) is 3.73. The summed E-state index contributed by atoms with van der Waals surface area (Å²) < 4.78 is 0. The van der Waals surface area contributed by atoms with Gasteiger partial charge in [-0.15, -0.1) is 0 Å². The SMILES string of the molecule is O=C(C[C@H](c1ccccc1)[C@H](C1=CCCCC1)[N+](=O)[O-])c1ccccc1. The van der Waals surface area contributed by atoms with Crippen molar-refractivity contribution in [2.75, 3.05) is 0 Å². The van der Waals surface area contributed by atoms with Crippen LogP contribution in [0.4, 0.5) is 0 Å². The maximum Gasteiger partial charge on any atom is 0.241 e. The van der Waals surface area contributed by atoms with Crippen LogP contribution in [0.5, 0.6) is 0 Å². The number of benzene rings is 2. The molecule has 0 spiro atoms. The number of carbonyl (C=O) groups is 1. The summed E-state index contributed by atoms with van der Waals surface area (Å²) in [6.45, 7) is 0. The molecule has 0 aliphatic heterocycles. The molecule has 0 saturated heterocycles. The molecule has 26 heavy (non-hydrogen) atoms. The van der Waals surface area contributed by atoms with Gasteiger partial charge >= 0.3 is 0 Å². The zero-order valence-electron chi connectivity index (χ0n) is 14.7. The Hall–Kier alpha value is -2.75. The number of carbonyl (C=O) groups excluding carboxylic acids is 1. The van der Waals surface area contributed by atoms with E-state index >= 15 is 0 Å². The molecule has 2 atom stereocenters. The lowest BCUT2D eigenvalue weighted by molar-refractivity contribution is -0.516. The van der Waals surface area contributed by atoms with Crippen molar-refractivity contribution in [1.82, 2.24) is 0 Å². The van der Waals surface area contributed by atoms with Crippen LogP contribution >= 0.6 is 0 Å². The smallest absolute Gasteiger partial charge is 0.241 e. The summed E-state index contributed by atoms with van der Waals surface area (Å²) in [6.07, 6.45) is 5.83. The Morgan fingerprint density at radius 1 is 1.00 bits per heavy atom. The van der Waals surface area contributed by atoms with Crippen LogP contribution in [-0.2, 0) is 0 Å². The van der Waals surface area contributed by atoms with Gasteiger partial charge in [0.05, 0.1) is 5.92 Å². The van der Waals surface area contributed by atoms with Crippen molar-refractivity contribution in [2.45, 2.75) is 44.1 Å². The number of ketones is 1. The largest absolute Gasteiger partial charge is 0.294 e. The van der Waals surface area contributed by atoms with Crippen LogP contribution in [0, 0.1) is 10.1 Å². The number of allylic oxidation sites excluding steroid dienone is 1. The van der Waals surface area contributed by atoms with E-state index in [4.69, 9.17) is 0 Å². The van der Waals surface area contributed by atoms with Crippen molar-refractivity contribution in [3.8, 4) is 0 Å². The zero-order chi connectivity index (χ0) is 18.4. The summed E-state index contributed by atoms with van der Waals surface area (Å²) in [5.74, 6) is -0.508. The quantitative estimate of drug-likeness (QED) is 0.299. The van der Waals surface area contributed by atoms with Gasteiger partial charge in [-0.05, 0) is 36.8 Å². The molecule has 2 aromatic rings. The summed E-state index contributed by atoms with van der Waals surface area (Å²) in [6, 6.07) is 17.6. The highest BCUT2D eigenvalue weighted by atomic mass is 16.6. The molecular formula is C22H23NO3. The second-order valence-electron chi connectivity index (χ2n) is 6.77. The van der Waals surface area contributed by atoms with E-state index in [1.807, 2.05) is 54.6 Å². The number of hydrogen-bond acceptors (Lipinski definition) is 3. The van der Waals surface area contributed by atoms with Crippen LogP contribution < -0.4 is 0 Å². The number of hydrogen-bond donors (Lipinski definition) is 0. The normalized spacial score (nSPS) is 16.4. The van der Waals surface area contributed by atoms with E-state index < -0.39 is 12.0 Å². The molecule has 4 nitrogen and oxygen atoms in total. The Kier molecular flexibility index (Phi) is 5.95. The third-order valence-electron chi connectivity index (χ3n) is 5.04. The first-order valence-corrected chi connectivity index (χ1v) is 9.12. The average molecular weight is 349 g/mol. The Morgan fingerprint density at radius 2 is 1.65 bits per heavy atom. The van der Waals surface area contributed by atoms with Gasteiger partial charge < -0.3 is 0 Å². The van der Waals surface area contributed by atoms with Crippen molar-refractivity contribution in [3.63, 3.8) is 0 Å². The molecule has 2 aromatic carbocycles. The van der Waals surface area contributed by atoms with Crippen LogP contribution in [0.3, 0.4) is 0 Å². The number of nitro groups is 1. The van der Waals surface area contributed by atoms with E-state index in [9.17, 15) is 14.9 Å². The first-order valence-electron chi connectivity index (χ1n) is 9.12. The number of rotatable bonds is 7. The van der Waals surface area contributed by atoms with Gasteiger partial charge in [0.15, 0.2) is 5.78 Å². The Bertz CT molecular complexity index is 784. The van der Waals surface area contributed by atoms with Crippen LogP contribution in [0.1, 0.15) is 53.9 Å². The minimum Gasteiger partial charge on any atom is -0.294 e. The lowest BCUT2D eigenvalue weighted by atomic mass is 9.80. The average Bonchev–Trinajstić information content (AvgIpc) is 2.69. The summed E-state index contributed by atoms with van der Waals surface area (Å²) >= 11 is 0. The molecule has 0 unspecified atom stereocenters. The van der Waals surface area contributed by atoms with Crippen molar-refractivity contribution in [3.05, 3.63) is 93.6 Å². The second-order valence-corrected chi connectivity index (χ2v) is 6.77. The molecule has 0 aromatic heterocycles. The van der Waals surface area contributed by atoms with Gasteiger partial charge in [0.25, 0.3) is 0 Å². The molecule has 0 heterocycles. The summed E-state index contributed by atoms with van der Waals surface area (Å²) in [5.41, 5.74) is 2.33. The molecule has 3 rings (SSSR count). The predicted octanol–water partition coefficient (Wildman–Crippen LogP) is 5.19. The molecule has 0 radical (unpaired) electrons. The molecule has 134 valence electrons. The predicted molar refractivity (Wildman–Crippen MR) is 102 cm³/mol. The Morgan fingerprint density at radius 3 is 2.23 bits per heavy atom. The molecule has 0 saturated carbocycles. The van der Waals surface area contributed by atoms with E-state index in [-0.39, 0.29) is 17.1 Å². The van der Waals surface area contributed by atoms with Crippen molar-refractivity contribution < 1.29 is 9.72 Å². The maximum atomic E-state index is 12.8. The maximum absolute atomic E-state index is 12.8. The van der Waals surface area contributed by atoms with Gasteiger partial charge in [-0.3, -0.25) is 14.9 Å². The van der Waals surface area contributed by atoms with E-state index in [2.05, 4.69) is 0 Å². The Balaban J connectivity index is 1.95. The van der Waals surface area contributed by atoms with Gasteiger partial charge in [-0.2, -0.15) is 0 Å². The number of Topliss-reactive ketones (excluding diaryl/α,β-unsaturated/α-hetero) is 1. The van der Waals surface area contributed by atoms with Crippen molar-refractivity contribution >= 4 is 5.78 Å². The first kappa shape index (κ1) is 18.1. The molecule has 0 bridgehead atoms. The standard InChI is InChI=1S/C22H23NO3/c24-21(18-12-6-2-7-13-18)16-20(17-10-4-1-5-11-17)22(23(25)26)19-14-8-3-9-15-19/h1-2,4-7,10-14,20,22H,3,8-9,15-16H2/t20-,22+/m1/s1. The first-order chi connectivity index (χ1) is 12.7. The lowest BCUT2D eigenvalue weighted by Crippen LogP contribution is -2.32. The highest BCUT2D eigenvalue weighted by molar-refractivity contribution is 5.96. The highest BCUT2D eigenvalue weighted by Gasteiger charge is 2.37. The topological polar surface area (TPSA) is 60.2 Å².